The Bertz CT molecular complexity index is 926. The summed E-state index contributed by atoms with van der Waals surface area (Å²) < 4.78 is 32.7. The van der Waals surface area contributed by atoms with Crippen LogP contribution in [0.25, 0.3) is 0 Å². The molecule has 0 N–H and O–H groups in total. The number of halogens is 2. The molecule has 0 atom stereocenters. The van der Waals surface area contributed by atoms with E-state index in [9.17, 15) is 8.78 Å². The summed E-state index contributed by atoms with van der Waals surface area (Å²) >= 11 is 1.46. The summed E-state index contributed by atoms with van der Waals surface area (Å²) in [6.45, 7) is 10.3. The molecule has 0 aliphatic carbocycles. The highest BCUT2D eigenvalue weighted by Crippen LogP contribution is 2.25. The molecule has 2 aromatic rings. The van der Waals surface area contributed by atoms with Crippen LogP contribution in [0.5, 0.6) is 0 Å². The van der Waals surface area contributed by atoms with Gasteiger partial charge in [-0.1, -0.05) is 43.7 Å². The first kappa shape index (κ1) is 24.0. The minimum atomic E-state index is -0.473. The van der Waals surface area contributed by atoms with Crippen molar-refractivity contribution in [2.45, 2.75) is 58.6 Å². The fourth-order valence-electron chi connectivity index (χ4n) is 2.81. The summed E-state index contributed by atoms with van der Waals surface area (Å²) in [4.78, 5) is 4.78. The second-order valence-corrected chi connectivity index (χ2v) is 9.82. The van der Waals surface area contributed by atoms with Crippen molar-refractivity contribution in [3.05, 3.63) is 82.6 Å². The Morgan fingerprint density at radius 2 is 1.77 bits per heavy atom. The van der Waals surface area contributed by atoms with E-state index in [0.29, 0.717) is 24.3 Å². The highest BCUT2D eigenvalue weighted by molar-refractivity contribution is 7.99. The molecule has 5 heteroatoms. The van der Waals surface area contributed by atoms with Crippen LogP contribution in [0.4, 0.5) is 8.78 Å². The molecule has 0 radical (unpaired) electrons. The van der Waals surface area contributed by atoms with Gasteiger partial charge in [-0.15, -0.1) is 0 Å². The average molecular weight is 429 g/mol. The number of nitrogens with zero attached hydrogens (tertiary/aromatic N) is 2. The molecule has 0 aliphatic rings. The molecule has 0 aromatic heterocycles. The molecule has 0 spiro atoms. The molecular weight excluding hydrogens is 398 g/mol. The van der Waals surface area contributed by atoms with Gasteiger partial charge in [-0.05, 0) is 81.8 Å². The number of allylic oxidation sites excluding steroid dienone is 2. The van der Waals surface area contributed by atoms with Gasteiger partial charge in [0.25, 0.3) is 0 Å². The Balaban J connectivity index is 2.51. The second kappa shape index (κ2) is 11.2. The zero-order valence-corrected chi connectivity index (χ0v) is 19.2. The van der Waals surface area contributed by atoms with Crippen LogP contribution in [0, 0.1) is 11.6 Å². The quantitative estimate of drug-likeness (QED) is 0.314. The molecule has 0 unspecified atom stereocenters. The average Bonchev–Trinajstić information content (AvgIpc) is 2.68. The lowest BCUT2D eigenvalue weighted by molar-refractivity contribution is 0.597. The number of benzene rings is 2. The van der Waals surface area contributed by atoms with Gasteiger partial charge in [-0.25, -0.2) is 13.2 Å². The summed E-state index contributed by atoms with van der Waals surface area (Å²) in [5, 5.41) is 0. The van der Waals surface area contributed by atoms with E-state index >= 15 is 0 Å². The van der Waals surface area contributed by atoms with Crippen molar-refractivity contribution in [1.29, 1.82) is 0 Å². The fraction of sp³-hybridized carbons (Fsp3) is 0.360. The zero-order chi connectivity index (χ0) is 22.1. The summed E-state index contributed by atoms with van der Waals surface area (Å²) in [5.74, 6) is -0.941. The number of rotatable bonds is 8. The highest BCUT2D eigenvalue weighted by atomic mass is 32.2. The van der Waals surface area contributed by atoms with Crippen molar-refractivity contribution < 1.29 is 8.78 Å². The van der Waals surface area contributed by atoms with Crippen molar-refractivity contribution in [3.8, 4) is 0 Å². The van der Waals surface area contributed by atoms with E-state index in [-0.39, 0.29) is 10.3 Å². The first-order valence-corrected chi connectivity index (χ1v) is 10.9. The molecule has 30 heavy (non-hydrogen) atoms. The number of hydrogen-bond acceptors (Lipinski definition) is 3. The lowest BCUT2D eigenvalue weighted by Crippen LogP contribution is -2.07. The van der Waals surface area contributed by atoms with E-state index in [1.165, 1.54) is 18.0 Å². The van der Waals surface area contributed by atoms with Gasteiger partial charge in [0.2, 0.25) is 0 Å². The molecule has 2 rings (SSSR count). The van der Waals surface area contributed by atoms with E-state index in [1.807, 2.05) is 32.0 Å². The van der Waals surface area contributed by atoms with Gasteiger partial charge in [-0.3, -0.25) is 4.99 Å². The third-order valence-electron chi connectivity index (χ3n) is 4.23. The van der Waals surface area contributed by atoms with E-state index in [1.54, 1.807) is 6.21 Å². The molecule has 0 amide bonds. The SMILES string of the molecule is CCCC(=NC(/C=N/SC(C)(C)C)=C(\C)Cc1ccccc1)c1cc(F)ccc1F. The Morgan fingerprint density at radius 1 is 1.07 bits per heavy atom. The lowest BCUT2D eigenvalue weighted by atomic mass is 10.0. The first-order valence-electron chi connectivity index (χ1n) is 10.2. The monoisotopic (exact) mass is 428 g/mol. The minimum Gasteiger partial charge on any atom is -0.251 e. The third kappa shape index (κ3) is 7.86. The van der Waals surface area contributed by atoms with Gasteiger partial charge in [-0.2, -0.15) is 0 Å². The molecule has 2 nitrogen and oxygen atoms in total. The van der Waals surface area contributed by atoms with E-state index in [2.05, 4.69) is 37.3 Å². The Hall–Kier alpha value is -2.27. The molecule has 0 saturated carbocycles. The van der Waals surface area contributed by atoms with Crippen LogP contribution in [0.3, 0.4) is 0 Å². The van der Waals surface area contributed by atoms with Crippen molar-refractivity contribution >= 4 is 23.9 Å². The van der Waals surface area contributed by atoms with Crippen LogP contribution >= 0.6 is 11.9 Å². The Morgan fingerprint density at radius 3 is 2.40 bits per heavy atom. The van der Waals surface area contributed by atoms with Crippen LogP contribution in [0.1, 0.15) is 58.6 Å². The fourth-order valence-corrected chi connectivity index (χ4v) is 3.28. The lowest BCUT2D eigenvalue weighted by Gasteiger charge is -2.13. The zero-order valence-electron chi connectivity index (χ0n) is 18.4. The van der Waals surface area contributed by atoms with E-state index in [0.717, 1.165) is 29.7 Å². The van der Waals surface area contributed by atoms with Gasteiger partial charge < -0.3 is 0 Å². The Labute approximate surface area is 183 Å². The summed E-state index contributed by atoms with van der Waals surface area (Å²) in [7, 11) is 0. The number of aliphatic imine (C=N–C) groups is 1. The van der Waals surface area contributed by atoms with Gasteiger partial charge in [0.15, 0.2) is 0 Å². The minimum absolute atomic E-state index is 0.0282. The van der Waals surface area contributed by atoms with Crippen LogP contribution in [-0.2, 0) is 6.42 Å². The largest absolute Gasteiger partial charge is 0.251 e. The second-order valence-electron chi connectivity index (χ2n) is 8.20. The van der Waals surface area contributed by atoms with Crippen molar-refractivity contribution in [2.75, 3.05) is 0 Å². The topological polar surface area (TPSA) is 24.7 Å². The smallest absolute Gasteiger partial charge is 0.132 e. The maximum atomic E-state index is 14.4. The van der Waals surface area contributed by atoms with Crippen LogP contribution in [0.2, 0.25) is 0 Å². The first-order chi connectivity index (χ1) is 14.2. The molecule has 160 valence electrons. The third-order valence-corrected chi connectivity index (χ3v) is 4.99. The highest BCUT2D eigenvalue weighted by Gasteiger charge is 2.13. The normalized spacial score (nSPS) is 13.6. The van der Waals surface area contributed by atoms with Crippen molar-refractivity contribution in [2.24, 2.45) is 9.39 Å². The molecule has 2 aromatic carbocycles. The van der Waals surface area contributed by atoms with Crippen molar-refractivity contribution in [1.82, 2.24) is 0 Å². The predicted molar refractivity (Wildman–Crippen MR) is 126 cm³/mol. The number of hydrogen-bond donors (Lipinski definition) is 0. The predicted octanol–water partition coefficient (Wildman–Crippen LogP) is 7.59. The molecular formula is C25H30F2N2S. The summed E-state index contributed by atoms with van der Waals surface area (Å²) in [6.07, 6.45) is 3.76. The van der Waals surface area contributed by atoms with E-state index in [4.69, 9.17) is 4.99 Å². The van der Waals surface area contributed by atoms with Gasteiger partial charge >= 0.3 is 0 Å². The van der Waals surface area contributed by atoms with Crippen LogP contribution < -0.4 is 0 Å². The molecule has 0 saturated heterocycles. The van der Waals surface area contributed by atoms with Gasteiger partial charge in [0.1, 0.15) is 11.6 Å². The Kier molecular flexibility index (Phi) is 8.97. The molecule has 0 aliphatic heterocycles. The van der Waals surface area contributed by atoms with Gasteiger partial charge in [0, 0.05) is 10.3 Å². The van der Waals surface area contributed by atoms with Crippen LogP contribution in [-0.4, -0.2) is 16.7 Å². The molecule has 0 fully saturated rings. The standard InChI is InChI=1S/C25H30F2N2S/c1-6-10-23(21-16-20(26)13-14-22(21)27)29-24(17-28-30-25(3,4)5)18(2)15-19-11-8-7-9-12-19/h7-9,11-14,16-17H,6,10,15H2,1-5H3/b24-18+,28-17+,29-23?. The van der Waals surface area contributed by atoms with E-state index < -0.39 is 11.6 Å². The molecule has 0 bridgehead atoms. The molecule has 0 heterocycles. The summed E-state index contributed by atoms with van der Waals surface area (Å²) in [6, 6.07) is 13.6. The van der Waals surface area contributed by atoms with Crippen LogP contribution in [0.15, 0.2) is 69.2 Å². The van der Waals surface area contributed by atoms with Gasteiger partial charge in [0.05, 0.1) is 17.6 Å². The van der Waals surface area contributed by atoms with Crippen molar-refractivity contribution in [3.63, 3.8) is 0 Å². The maximum Gasteiger partial charge on any atom is 0.132 e. The maximum absolute atomic E-state index is 14.4. The summed E-state index contributed by atoms with van der Waals surface area (Å²) in [5.41, 5.74) is 3.60.